The summed E-state index contributed by atoms with van der Waals surface area (Å²) in [5, 5.41) is 0. The lowest BCUT2D eigenvalue weighted by atomic mass is 9.96. The van der Waals surface area contributed by atoms with Crippen LogP contribution in [0.1, 0.15) is 31.9 Å². The van der Waals surface area contributed by atoms with Crippen molar-refractivity contribution in [1.82, 2.24) is 0 Å². The van der Waals surface area contributed by atoms with Gasteiger partial charge in [0.1, 0.15) is 0 Å². The molecule has 0 saturated carbocycles. The lowest BCUT2D eigenvalue weighted by molar-refractivity contribution is 0.319. The van der Waals surface area contributed by atoms with E-state index >= 15 is 0 Å². The highest BCUT2D eigenvalue weighted by molar-refractivity contribution is 5.85. The topological polar surface area (TPSA) is 53.7 Å². The molecule has 0 fully saturated rings. The van der Waals surface area contributed by atoms with E-state index < -0.39 is 0 Å². The Bertz CT molecular complexity index is 397. The smallest absolute Gasteiger partial charge is 0.203 e. The van der Waals surface area contributed by atoms with Crippen LogP contribution >= 0.6 is 12.4 Å². The van der Waals surface area contributed by atoms with Gasteiger partial charge in [0.25, 0.3) is 0 Å². The van der Waals surface area contributed by atoms with E-state index in [2.05, 4.69) is 13.8 Å². The summed E-state index contributed by atoms with van der Waals surface area (Å²) >= 11 is 0. The summed E-state index contributed by atoms with van der Waals surface area (Å²) < 4.78 is 16.0. The number of hydrogen-bond donors (Lipinski definition) is 1. The molecule has 2 N–H and O–H groups in total. The van der Waals surface area contributed by atoms with Gasteiger partial charge >= 0.3 is 0 Å². The largest absolute Gasteiger partial charge is 0.493 e. The average Bonchev–Trinajstić information content (AvgIpc) is 2.35. The maximum absolute atomic E-state index is 6.21. The number of hydrogen-bond acceptors (Lipinski definition) is 4. The van der Waals surface area contributed by atoms with Crippen LogP contribution < -0.4 is 19.9 Å². The van der Waals surface area contributed by atoms with Crippen LogP contribution in [0.2, 0.25) is 0 Å². The van der Waals surface area contributed by atoms with Crippen molar-refractivity contribution in [3.05, 3.63) is 17.7 Å². The second-order valence-electron chi connectivity index (χ2n) is 4.66. The molecule has 5 heteroatoms. The zero-order chi connectivity index (χ0) is 13.7. The zero-order valence-corrected chi connectivity index (χ0v) is 13.0. The number of nitrogens with two attached hydrogens (primary N) is 1. The number of halogens is 1. The summed E-state index contributed by atoms with van der Waals surface area (Å²) in [5.41, 5.74) is 7.16. The Hall–Kier alpha value is -1.13. The summed E-state index contributed by atoms with van der Waals surface area (Å²) in [6.45, 7) is 4.29. The molecule has 0 aromatic heterocycles. The molecule has 4 nitrogen and oxygen atoms in total. The molecule has 0 amide bonds. The van der Waals surface area contributed by atoms with Crippen LogP contribution in [0.25, 0.3) is 0 Å². The molecule has 19 heavy (non-hydrogen) atoms. The molecule has 110 valence electrons. The second kappa shape index (κ2) is 8.12. The Balaban J connectivity index is 0.00000324. The summed E-state index contributed by atoms with van der Waals surface area (Å²) in [5.74, 6) is 2.43. The molecule has 0 saturated heterocycles. The van der Waals surface area contributed by atoms with E-state index in [-0.39, 0.29) is 18.4 Å². The van der Waals surface area contributed by atoms with Crippen LogP contribution in [-0.4, -0.2) is 21.3 Å². The Morgan fingerprint density at radius 2 is 1.58 bits per heavy atom. The van der Waals surface area contributed by atoms with Crippen LogP contribution in [0, 0.1) is 5.92 Å². The Morgan fingerprint density at radius 1 is 1.00 bits per heavy atom. The van der Waals surface area contributed by atoms with Crippen LogP contribution in [0.5, 0.6) is 17.2 Å². The molecular formula is C14H24ClNO3. The van der Waals surface area contributed by atoms with E-state index in [0.717, 1.165) is 12.0 Å². The molecule has 0 aliphatic rings. The number of benzene rings is 1. The highest BCUT2D eigenvalue weighted by atomic mass is 35.5. The first-order chi connectivity index (χ1) is 8.54. The third-order valence-electron chi connectivity index (χ3n) is 2.86. The van der Waals surface area contributed by atoms with Crippen molar-refractivity contribution in [3.8, 4) is 17.2 Å². The first-order valence-electron chi connectivity index (χ1n) is 6.09. The lowest BCUT2D eigenvalue weighted by Gasteiger charge is -2.20. The van der Waals surface area contributed by atoms with Gasteiger partial charge in [-0.25, -0.2) is 0 Å². The summed E-state index contributed by atoms with van der Waals surface area (Å²) in [6, 6.07) is 3.73. The molecule has 0 unspecified atom stereocenters. The minimum absolute atomic E-state index is 0. The average molecular weight is 290 g/mol. The maximum Gasteiger partial charge on any atom is 0.203 e. The zero-order valence-electron chi connectivity index (χ0n) is 12.2. The van der Waals surface area contributed by atoms with Gasteiger partial charge in [0, 0.05) is 11.6 Å². The first kappa shape index (κ1) is 17.9. The summed E-state index contributed by atoms with van der Waals surface area (Å²) in [6.07, 6.45) is 0.895. The van der Waals surface area contributed by atoms with Crippen molar-refractivity contribution in [1.29, 1.82) is 0 Å². The summed E-state index contributed by atoms with van der Waals surface area (Å²) in [7, 11) is 4.81. The fourth-order valence-corrected chi connectivity index (χ4v) is 2.05. The first-order valence-corrected chi connectivity index (χ1v) is 6.09. The van der Waals surface area contributed by atoms with E-state index in [4.69, 9.17) is 19.9 Å². The number of methoxy groups -OCH3 is 3. The highest BCUT2D eigenvalue weighted by Gasteiger charge is 2.20. The molecular weight excluding hydrogens is 266 g/mol. The number of rotatable bonds is 6. The van der Waals surface area contributed by atoms with E-state index in [1.165, 1.54) is 0 Å². The Morgan fingerprint density at radius 3 is 2.00 bits per heavy atom. The quantitative estimate of drug-likeness (QED) is 0.874. The molecule has 0 radical (unpaired) electrons. The van der Waals surface area contributed by atoms with E-state index in [9.17, 15) is 0 Å². The van der Waals surface area contributed by atoms with Crippen molar-refractivity contribution in [2.45, 2.75) is 26.3 Å². The normalized spacial score (nSPS) is 11.7. The van der Waals surface area contributed by atoms with Crippen LogP contribution in [0.4, 0.5) is 0 Å². The fraction of sp³-hybridized carbons (Fsp3) is 0.571. The van der Waals surface area contributed by atoms with Crippen molar-refractivity contribution in [2.75, 3.05) is 21.3 Å². The van der Waals surface area contributed by atoms with Crippen molar-refractivity contribution in [2.24, 2.45) is 11.7 Å². The SMILES string of the molecule is COc1ccc([C@H](N)CC(C)C)c(OC)c1OC.Cl. The standard InChI is InChI=1S/C14H23NO3.ClH/c1-9(2)8-11(15)10-6-7-12(16-3)14(18-5)13(10)17-4;/h6-7,9,11H,8,15H2,1-5H3;1H/t11-;/m1./s1. The van der Waals surface area contributed by atoms with Crippen molar-refractivity contribution >= 4 is 12.4 Å². The molecule has 0 heterocycles. The van der Waals surface area contributed by atoms with Crippen LogP contribution in [0.15, 0.2) is 12.1 Å². The monoisotopic (exact) mass is 289 g/mol. The molecule has 0 aliphatic heterocycles. The van der Waals surface area contributed by atoms with E-state index in [1.807, 2.05) is 12.1 Å². The molecule has 1 atom stereocenters. The van der Waals surface area contributed by atoms with Gasteiger partial charge in [0.2, 0.25) is 5.75 Å². The van der Waals surface area contributed by atoms with E-state index in [0.29, 0.717) is 23.2 Å². The Labute approximate surface area is 121 Å². The number of ether oxygens (including phenoxy) is 3. The molecule has 0 spiro atoms. The van der Waals surface area contributed by atoms with Gasteiger partial charge in [-0.1, -0.05) is 13.8 Å². The Kier molecular flexibility index (Phi) is 7.64. The van der Waals surface area contributed by atoms with Gasteiger partial charge in [-0.05, 0) is 24.5 Å². The molecule has 1 aromatic carbocycles. The summed E-state index contributed by atoms with van der Waals surface area (Å²) in [4.78, 5) is 0. The van der Waals surface area contributed by atoms with Gasteiger partial charge < -0.3 is 19.9 Å². The third-order valence-corrected chi connectivity index (χ3v) is 2.86. The third kappa shape index (κ3) is 4.18. The molecule has 0 aliphatic carbocycles. The van der Waals surface area contributed by atoms with Gasteiger partial charge in [0.05, 0.1) is 21.3 Å². The highest BCUT2D eigenvalue weighted by Crippen LogP contribution is 2.42. The van der Waals surface area contributed by atoms with Crippen LogP contribution in [0.3, 0.4) is 0 Å². The van der Waals surface area contributed by atoms with Crippen LogP contribution in [-0.2, 0) is 0 Å². The molecule has 0 bridgehead atoms. The maximum atomic E-state index is 6.21. The van der Waals surface area contributed by atoms with Gasteiger partial charge in [-0.2, -0.15) is 0 Å². The van der Waals surface area contributed by atoms with Gasteiger partial charge in [-0.3, -0.25) is 0 Å². The predicted molar refractivity (Wildman–Crippen MR) is 79.7 cm³/mol. The fourth-order valence-electron chi connectivity index (χ4n) is 2.05. The minimum Gasteiger partial charge on any atom is -0.493 e. The van der Waals surface area contributed by atoms with Gasteiger partial charge in [0.15, 0.2) is 11.5 Å². The molecule has 1 aromatic rings. The lowest BCUT2D eigenvalue weighted by Crippen LogP contribution is -2.14. The molecule has 1 rings (SSSR count). The van der Waals surface area contributed by atoms with E-state index in [1.54, 1.807) is 21.3 Å². The second-order valence-corrected chi connectivity index (χ2v) is 4.66. The van der Waals surface area contributed by atoms with Crippen molar-refractivity contribution in [3.63, 3.8) is 0 Å². The predicted octanol–water partition coefficient (Wildman–Crippen LogP) is 3.18. The van der Waals surface area contributed by atoms with Crippen molar-refractivity contribution < 1.29 is 14.2 Å². The van der Waals surface area contributed by atoms with Gasteiger partial charge in [-0.15, -0.1) is 12.4 Å². The minimum atomic E-state index is -0.0697.